The van der Waals surface area contributed by atoms with Crippen molar-refractivity contribution >= 4 is 33.9 Å². The summed E-state index contributed by atoms with van der Waals surface area (Å²) < 4.78 is 1.22. The van der Waals surface area contributed by atoms with E-state index in [0.29, 0.717) is 0 Å². The van der Waals surface area contributed by atoms with Crippen molar-refractivity contribution in [1.29, 1.82) is 0 Å². The topological polar surface area (TPSA) is 37.8 Å². The van der Waals surface area contributed by atoms with Gasteiger partial charge in [-0.1, -0.05) is 23.5 Å². The molecule has 0 fully saturated rings. The number of benzene rings is 1. The number of likely N-dealkylation sites (N-methyl/N-ethyl adjacent to an activating group) is 1. The van der Waals surface area contributed by atoms with Crippen molar-refractivity contribution in [2.75, 3.05) is 13.6 Å². The lowest BCUT2D eigenvalue weighted by atomic mass is 10.2. The third-order valence-corrected chi connectivity index (χ3v) is 3.83. The van der Waals surface area contributed by atoms with Gasteiger partial charge in [0.1, 0.15) is 10.0 Å². The van der Waals surface area contributed by atoms with Gasteiger partial charge in [-0.25, -0.2) is 0 Å². The van der Waals surface area contributed by atoms with Gasteiger partial charge in [-0.05, 0) is 41.8 Å². The van der Waals surface area contributed by atoms with Crippen LogP contribution in [0.3, 0.4) is 0 Å². The molecule has 2 aromatic rings. The molecular formula is C11H12IN3S. The summed E-state index contributed by atoms with van der Waals surface area (Å²) in [6.07, 6.45) is 0.943. The van der Waals surface area contributed by atoms with Crippen LogP contribution in [0.4, 0.5) is 0 Å². The van der Waals surface area contributed by atoms with Gasteiger partial charge in [0.15, 0.2) is 0 Å². The number of aromatic nitrogens is 2. The first-order valence-corrected chi connectivity index (χ1v) is 6.92. The van der Waals surface area contributed by atoms with Crippen LogP contribution in [-0.4, -0.2) is 23.8 Å². The number of rotatable bonds is 4. The molecule has 0 spiro atoms. The van der Waals surface area contributed by atoms with Crippen molar-refractivity contribution in [2.24, 2.45) is 0 Å². The van der Waals surface area contributed by atoms with Crippen molar-refractivity contribution in [2.45, 2.75) is 6.42 Å². The van der Waals surface area contributed by atoms with Gasteiger partial charge in [0.25, 0.3) is 0 Å². The molecule has 0 saturated heterocycles. The van der Waals surface area contributed by atoms with Crippen molar-refractivity contribution in [3.63, 3.8) is 0 Å². The molecule has 0 atom stereocenters. The Hall–Kier alpha value is -0.530. The smallest absolute Gasteiger partial charge is 0.147 e. The minimum atomic E-state index is 0.943. The van der Waals surface area contributed by atoms with Crippen LogP contribution < -0.4 is 5.32 Å². The standard InChI is InChI=1S/C11H12IN3S/c1-13-6-5-10-14-15-11(16-10)8-3-2-4-9(12)7-8/h2-4,7,13H,5-6H2,1H3. The van der Waals surface area contributed by atoms with E-state index < -0.39 is 0 Å². The van der Waals surface area contributed by atoms with Gasteiger partial charge >= 0.3 is 0 Å². The largest absolute Gasteiger partial charge is 0.319 e. The Morgan fingerprint density at radius 3 is 3.00 bits per heavy atom. The maximum Gasteiger partial charge on any atom is 0.147 e. The second kappa shape index (κ2) is 5.70. The molecule has 0 radical (unpaired) electrons. The lowest BCUT2D eigenvalue weighted by Gasteiger charge is -1.95. The maximum atomic E-state index is 4.22. The number of hydrogen-bond donors (Lipinski definition) is 1. The van der Waals surface area contributed by atoms with Crippen LogP contribution in [0.2, 0.25) is 0 Å². The zero-order chi connectivity index (χ0) is 11.4. The van der Waals surface area contributed by atoms with Crippen LogP contribution >= 0.6 is 33.9 Å². The van der Waals surface area contributed by atoms with Crippen LogP contribution in [0.15, 0.2) is 24.3 Å². The first-order valence-electron chi connectivity index (χ1n) is 5.02. The highest BCUT2D eigenvalue weighted by Gasteiger charge is 2.06. The second-order valence-corrected chi connectivity index (χ2v) is 5.67. The molecule has 0 unspecified atom stereocenters. The zero-order valence-corrected chi connectivity index (χ0v) is 11.9. The first-order chi connectivity index (χ1) is 7.79. The summed E-state index contributed by atoms with van der Waals surface area (Å²) in [5.41, 5.74) is 1.15. The lowest BCUT2D eigenvalue weighted by molar-refractivity contribution is 0.779. The third kappa shape index (κ3) is 2.99. The maximum absolute atomic E-state index is 4.22. The lowest BCUT2D eigenvalue weighted by Crippen LogP contribution is -2.09. The van der Waals surface area contributed by atoms with Gasteiger partial charge in [0, 0.05) is 22.1 Å². The van der Waals surface area contributed by atoms with Crippen LogP contribution in [0.1, 0.15) is 5.01 Å². The van der Waals surface area contributed by atoms with Crippen LogP contribution in [0.5, 0.6) is 0 Å². The van der Waals surface area contributed by atoms with Crippen molar-refractivity contribution in [3.8, 4) is 10.6 Å². The molecule has 3 nitrogen and oxygen atoms in total. The monoisotopic (exact) mass is 345 g/mol. The van der Waals surface area contributed by atoms with Gasteiger partial charge in [-0.15, -0.1) is 10.2 Å². The van der Waals surface area contributed by atoms with E-state index in [4.69, 9.17) is 0 Å². The Balaban J connectivity index is 2.18. The summed E-state index contributed by atoms with van der Waals surface area (Å²) in [6, 6.07) is 8.33. The van der Waals surface area contributed by atoms with E-state index in [9.17, 15) is 0 Å². The molecule has 1 heterocycles. The van der Waals surface area contributed by atoms with Gasteiger partial charge in [-0.3, -0.25) is 0 Å². The Bertz CT molecular complexity index is 470. The molecule has 0 aliphatic rings. The van der Waals surface area contributed by atoms with Gasteiger partial charge in [0.05, 0.1) is 0 Å². The Morgan fingerprint density at radius 1 is 1.38 bits per heavy atom. The van der Waals surface area contributed by atoms with Gasteiger partial charge in [0.2, 0.25) is 0 Å². The normalized spacial score (nSPS) is 10.6. The van der Waals surface area contributed by atoms with Crippen LogP contribution in [-0.2, 0) is 6.42 Å². The first kappa shape index (κ1) is 11.9. The molecule has 16 heavy (non-hydrogen) atoms. The third-order valence-electron chi connectivity index (χ3n) is 2.13. The average molecular weight is 345 g/mol. The molecule has 1 aromatic carbocycles. The van der Waals surface area contributed by atoms with Crippen molar-refractivity contribution in [3.05, 3.63) is 32.8 Å². The second-order valence-electron chi connectivity index (χ2n) is 3.36. The van der Waals surface area contributed by atoms with E-state index in [2.05, 4.69) is 56.3 Å². The SMILES string of the molecule is CNCCc1nnc(-c2cccc(I)c2)s1. The summed E-state index contributed by atoms with van der Waals surface area (Å²) in [5.74, 6) is 0. The molecule has 1 aromatic heterocycles. The van der Waals surface area contributed by atoms with Gasteiger partial charge < -0.3 is 5.32 Å². The van der Waals surface area contributed by atoms with Crippen LogP contribution in [0, 0.1) is 3.57 Å². The molecule has 0 amide bonds. The van der Waals surface area contributed by atoms with Gasteiger partial charge in [-0.2, -0.15) is 0 Å². The van der Waals surface area contributed by atoms with E-state index in [0.717, 1.165) is 28.5 Å². The van der Waals surface area contributed by atoms with E-state index in [1.807, 2.05) is 13.1 Å². The zero-order valence-electron chi connectivity index (χ0n) is 8.90. The summed E-state index contributed by atoms with van der Waals surface area (Å²) in [4.78, 5) is 0. The fourth-order valence-electron chi connectivity index (χ4n) is 1.32. The quantitative estimate of drug-likeness (QED) is 0.866. The average Bonchev–Trinajstić information content (AvgIpc) is 2.75. The van der Waals surface area contributed by atoms with Crippen molar-refractivity contribution < 1.29 is 0 Å². The molecule has 84 valence electrons. The fraction of sp³-hybridized carbons (Fsp3) is 0.273. The molecule has 2 rings (SSSR count). The van der Waals surface area contributed by atoms with E-state index in [1.165, 1.54) is 3.57 Å². The minimum Gasteiger partial charge on any atom is -0.319 e. The van der Waals surface area contributed by atoms with E-state index in [-0.39, 0.29) is 0 Å². The predicted octanol–water partition coefficient (Wildman–Crippen LogP) is 2.57. The summed E-state index contributed by atoms with van der Waals surface area (Å²) in [6.45, 7) is 0.945. The summed E-state index contributed by atoms with van der Waals surface area (Å²) in [7, 11) is 1.95. The highest BCUT2D eigenvalue weighted by molar-refractivity contribution is 14.1. The fourth-order valence-corrected chi connectivity index (χ4v) is 2.70. The Kier molecular flexibility index (Phi) is 4.25. The number of nitrogens with one attached hydrogen (secondary N) is 1. The minimum absolute atomic E-state index is 0.943. The Morgan fingerprint density at radius 2 is 2.25 bits per heavy atom. The predicted molar refractivity (Wildman–Crippen MR) is 75.7 cm³/mol. The number of nitrogens with zero attached hydrogens (tertiary/aromatic N) is 2. The molecule has 1 N–H and O–H groups in total. The van der Waals surface area contributed by atoms with E-state index >= 15 is 0 Å². The van der Waals surface area contributed by atoms with Crippen LogP contribution in [0.25, 0.3) is 10.6 Å². The number of hydrogen-bond acceptors (Lipinski definition) is 4. The molecular weight excluding hydrogens is 333 g/mol. The number of halogens is 1. The highest BCUT2D eigenvalue weighted by Crippen LogP contribution is 2.24. The molecule has 5 heteroatoms. The highest BCUT2D eigenvalue weighted by atomic mass is 127. The molecule has 0 saturated carbocycles. The molecule has 0 aliphatic carbocycles. The van der Waals surface area contributed by atoms with Crippen molar-refractivity contribution in [1.82, 2.24) is 15.5 Å². The summed E-state index contributed by atoms with van der Waals surface area (Å²) in [5, 5.41) is 13.6. The Labute approximate surface area is 112 Å². The molecule has 0 aliphatic heterocycles. The van der Waals surface area contributed by atoms with E-state index in [1.54, 1.807) is 11.3 Å². The molecule has 0 bridgehead atoms. The summed E-state index contributed by atoms with van der Waals surface area (Å²) >= 11 is 3.98.